The van der Waals surface area contributed by atoms with Gasteiger partial charge in [0.05, 0.1) is 11.9 Å². The molecule has 0 N–H and O–H groups in total. The Balaban J connectivity index is 1.57. The number of hydrogen-bond donors (Lipinski definition) is 0. The molecule has 1 aliphatic carbocycles. The molecule has 1 saturated carbocycles. The van der Waals surface area contributed by atoms with Crippen molar-refractivity contribution in [2.75, 3.05) is 7.05 Å². The molecule has 0 radical (unpaired) electrons. The Bertz CT molecular complexity index is 849. The van der Waals surface area contributed by atoms with Crippen LogP contribution in [0.2, 0.25) is 0 Å². The zero-order valence-electron chi connectivity index (χ0n) is 13.7. The predicted molar refractivity (Wildman–Crippen MR) is 95.1 cm³/mol. The largest absolute Gasteiger partial charge is 0.337 e. The van der Waals surface area contributed by atoms with E-state index in [0.29, 0.717) is 18.2 Å². The molecular weight excluding hydrogens is 320 g/mol. The number of rotatable bonds is 4. The van der Waals surface area contributed by atoms with E-state index in [4.69, 9.17) is 0 Å². The quantitative estimate of drug-likeness (QED) is 0.724. The van der Waals surface area contributed by atoms with E-state index in [1.165, 1.54) is 25.7 Å². The monoisotopic (exact) mass is 340 g/mol. The summed E-state index contributed by atoms with van der Waals surface area (Å²) in [4.78, 5) is 23.4. The third-order valence-corrected chi connectivity index (χ3v) is 5.46. The molecule has 24 heavy (non-hydrogen) atoms. The smallest absolute Gasteiger partial charge is 0.255 e. The normalized spacial score (nSPS) is 15.2. The molecule has 6 heteroatoms. The minimum atomic E-state index is -0.0222. The van der Waals surface area contributed by atoms with Crippen LogP contribution in [0.3, 0.4) is 0 Å². The van der Waals surface area contributed by atoms with E-state index in [1.54, 1.807) is 22.4 Å². The lowest BCUT2D eigenvalue weighted by Gasteiger charge is -2.16. The molecule has 1 amide bonds. The molecule has 0 aliphatic heterocycles. The molecule has 0 aromatic carbocycles. The van der Waals surface area contributed by atoms with Crippen LogP contribution in [0.25, 0.3) is 11.2 Å². The van der Waals surface area contributed by atoms with Crippen molar-refractivity contribution in [3.8, 4) is 0 Å². The Kier molecular flexibility index (Phi) is 4.06. The zero-order chi connectivity index (χ0) is 16.5. The van der Waals surface area contributed by atoms with Crippen molar-refractivity contribution in [3.63, 3.8) is 0 Å². The number of aromatic nitrogens is 3. The first-order valence-corrected chi connectivity index (χ1v) is 9.26. The zero-order valence-corrected chi connectivity index (χ0v) is 14.5. The molecule has 1 fully saturated rings. The van der Waals surface area contributed by atoms with E-state index in [-0.39, 0.29) is 5.91 Å². The van der Waals surface area contributed by atoms with Crippen LogP contribution < -0.4 is 0 Å². The summed E-state index contributed by atoms with van der Waals surface area (Å²) in [5.74, 6) is -0.0222. The average molecular weight is 340 g/mol. The number of carbonyl (C=O) groups excluding carboxylic acids is 1. The number of imidazole rings is 1. The van der Waals surface area contributed by atoms with E-state index in [2.05, 4.69) is 19.9 Å². The van der Waals surface area contributed by atoms with Crippen LogP contribution in [0, 0.1) is 0 Å². The Morgan fingerprint density at radius 1 is 1.38 bits per heavy atom. The van der Waals surface area contributed by atoms with Gasteiger partial charge in [0.1, 0.15) is 5.52 Å². The molecule has 0 saturated heterocycles. The standard InChI is InChI=1S/C18H20N4OS/c1-21(10-13-6-7-24-11-13)18(23)14-8-16-17(19-9-14)22(12-20-16)15-4-2-3-5-15/h6-9,11-12,15H,2-5,10H2,1H3. The molecule has 3 heterocycles. The average Bonchev–Trinajstić information content (AvgIpc) is 3.33. The lowest BCUT2D eigenvalue weighted by atomic mass is 10.2. The molecule has 124 valence electrons. The van der Waals surface area contributed by atoms with Gasteiger partial charge in [0.15, 0.2) is 5.65 Å². The number of hydrogen-bond acceptors (Lipinski definition) is 4. The van der Waals surface area contributed by atoms with Crippen molar-refractivity contribution in [3.05, 3.63) is 46.5 Å². The first kappa shape index (κ1) is 15.3. The predicted octanol–water partition coefficient (Wildman–Crippen LogP) is 3.88. The van der Waals surface area contributed by atoms with Gasteiger partial charge in [-0.2, -0.15) is 11.3 Å². The first-order chi connectivity index (χ1) is 11.7. The van der Waals surface area contributed by atoms with Crippen LogP contribution in [0.4, 0.5) is 0 Å². The molecule has 0 unspecified atom stereocenters. The van der Waals surface area contributed by atoms with E-state index < -0.39 is 0 Å². The maximum atomic E-state index is 12.6. The van der Waals surface area contributed by atoms with Crippen LogP contribution in [-0.4, -0.2) is 32.4 Å². The molecule has 4 rings (SSSR count). The lowest BCUT2D eigenvalue weighted by molar-refractivity contribution is 0.0785. The van der Waals surface area contributed by atoms with Gasteiger partial charge in [0, 0.05) is 25.8 Å². The van der Waals surface area contributed by atoms with E-state index in [0.717, 1.165) is 16.7 Å². The van der Waals surface area contributed by atoms with E-state index in [1.807, 2.05) is 30.9 Å². The number of pyridine rings is 1. The summed E-state index contributed by atoms with van der Waals surface area (Å²) in [6, 6.07) is 4.41. The Morgan fingerprint density at radius 3 is 2.96 bits per heavy atom. The number of thiophene rings is 1. The number of fused-ring (bicyclic) bond motifs is 1. The third kappa shape index (κ3) is 2.82. The van der Waals surface area contributed by atoms with Gasteiger partial charge in [0.2, 0.25) is 0 Å². The Hall–Kier alpha value is -2.21. The third-order valence-electron chi connectivity index (χ3n) is 4.72. The molecule has 0 bridgehead atoms. The Morgan fingerprint density at radius 2 is 2.21 bits per heavy atom. The number of amides is 1. The molecule has 0 spiro atoms. The van der Waals surface area contributed by atoms with Crippen LogP contribution >= 0.6 is 11.3 Å². The number of carbonyl (C=O) groups is 1. The second-order valence-corrected chi connectivity index (χ2v) is 7.23. The summed E-state index contributed by atoms with van der Waals surface area (Å²) in [5.41, 5.74) is 3.43. The fourth-order valence-electron chi connectivity index (χ4n) is 3.43. The van der Waals surface area contributed by atoms with Gasteiger partial charge in [-0.1, -0.05) is 12.8 Å². The first-order valence-electron chi connectivity index (χ1n) is 8.31. The van der Waals surface area contributed by atoms with E-state index >= 15 is 0 Å². The summed E-state index contributed by atoms with van der Waals surface area (Å²) in [7, 11) is 1.82. The van der Waals surface area contributed by atoms with Gasteiger partial charge >= 0.3 is 0 Å². The van der Waals surface area contributed by atoms with Crippen molar-refractivity contribution >= 4 is 28.4 Å². The summed E-state index contributed by atoms with van der Waals surface area (Å²) in [5, 5.41) is 4.09. The van der Waals surface area contributed by atoms with E-state index in [9.17, 15) is 4.79 Å². The summed E-state index contributed by atoms with van der Waals surface area (Å²) in [6.45, 7) is 0.608. The fourth-order valence-corrected chi connectivity index (χ4v) is 4.09. The highest BCUT2D eigenvalue weighted by molar-refractivity contribution is 7.07. The molecule has 3 aromatic rings. The summed E-state index contributed by atoms with van der Waals surface area (Å²) < 4.78 is 2.17. The molecule has 1 aliphatic rings. The molecule has 3 aromatic heterocycles. The molecule has 0 atom stereocenters. The molecule has 5 nitrogen and oxygen atoms in total. The minimum Gasteiger partial charge on any atom is -0.337 e. The highest BCUT2D eigenvalue weighted by Crippen LogP contribution is 2.31. The van der Waals surface area contributed by atoms with Crippen LogP contribution in [0.15, 0.2) is 35.4 Å². The van der Waals surface area contributed by atoms with Gasteiger partial charge in [-0.15, -0.1) is 0 Å². The van der Waals surface area contributed by atoms with Crippen molar-refractivity contribution < 1.29 is 4.79 Å². The highest BCUT2D eigenvalue weighted by atomic mass is 32.1. The fraction of sp³-hybridized carbons (Fsp3) is 0.389. The summed E-state index contributed by atoms with van der Waals surface area (Å²) >= 11 is 1.64. The Labute approximate surface area is 145 Å². The lowest BCUT2D eigenvalue weighted by Crippen LogP contribution is -2.26. The van der Waals surface area contributed by atoms with Gasteiger partial charge < -0.3 is 9.47 Å². The topological polar surface area (TPSA) is 51.0 Å². The minimum absolute atomic E-state index is 0.0222. The highest BCUT2D eigenvalue weighted by Gasteiger charge is 2.20. The summed E-state index contributed by atoms with van der Waals surface area (Å²) in [6.07, 6.45) is 8.48. The second-order valence-electron chi connectivity index (χ2n) is 6.45. The van der Waals surface area contributed by atoms with Gasteiger partial charge in [-0.05, 0) is 41.3 Å². The van der Waals surface area contributed by atoms with Crippen molar-refractivity contribution in [2.45, 2.75) is 38.3 Å². The van der Waals surface area contributed by atoms with Crippen LogP contribution in [0.5, 0.6) is 0 Å². The maximum Gasteiger partial charge on any atom is 0.255 e. The van der Waals surface area contributed by atoms with Crippen molar-refractivity contribution in [1.29, 1.82) is 0 Å². The number of nitrogens with zero attached hydrogens (tertiary/aromatic N) is 4. The molecular formula is C18H20N4OS. The second kappa shape index (κ2) is 6.36. The maximum absolute atomic E-state index is 12.6. The van der Waals surface area contributed by atoms with Crippen LogP contribution in [-0.2, 0) is 6.54 Å². The van der Waals surface area contributed by atoms with Gasteiger partial charge in [-0.25, -0.2) is 9.97 Å². The van der Waals surface area contributed by atoms with Gasteiger partial charge in [0.25, 0.3) is 5.91 Å². The van der Waals surface area contributed by atoms with Crippen molar-refractivity contribution in [1.82, 2.24) is 19.4 Å². The van der Waals surface area contributed by atoms with Crippen molar-refractivity contribution in [2.24, 2.45) is 0 Å². The SMILES string of the molecule is CN(Cc1ccsc1)C(=O)c1cnc2c(c1)ncn2C1CCCC1. The van der Waals surface area contributed by atoms with Crippen LogP contribution in [0.1, 0.15) is 47.6 Å². The van der Waals surface area contributed by atoms with Gasteiger partial charge in [-0.3, -0.25) is 4.79 Å².